The Hall–Kier alpha value is -0.840. The Kier molecular flexibility index (Phi) is 7.27. The molecule has 1 heterocycles. The largest absolute Gasteiger partial charge is 0.311 e. The van der Waals surface area contributed by atoms with Crippen LogP contribution < -0.4 is 5.32 Å². The minimum atomic E-state index is 0.868. The lowest BCUT2D eigenvalue weighted by atomic mass is 10.1. The lowest BCUT2D eigenvalue weighted by Crippen LogP contribution is -2.14. The molecule has 0 aliphatic rings. The highest BCUT2D eigenvalue weighted by Crippen LogP contribution is 2.32. The molecular formula is C17H24N2S2. The molecule has 0 fully saturated rings. The van der Waals surface area contributed by atoms with E-state index in [0.29, 0.717) is 0 Å². The van der Waals surface area contributed by atoms with Gasteiger partial charge in [-0.3, -0.25) is 0 Å². The first-order valence-corrected chi connectivity index (χ1v) is 9.64. The normalized spacial score (nSPS) is 11.0. The van der Waals surface area contributed by atoms with E-state index in [-0.39, 0.29) is 0 Å². The van der Waals surface area contributed by atoms with Crippen LogP contribution in [0.5, 0.6) is 0 Å². The Morgan fingerprint density at radius 1 is 1.14 bits per heavy atom. The second kappa shape index (κ2) is 9.23. The number of rotatable bonds is 9. The maximum Gasteiger partial charge on any atom is 0.103 e. The molecule has 4 heteroatoms. The highest BCUT2D eigenvalue weighted by atomic mass is 32.2. The van der Waals surface area contributed by atoms with Crippen molar-refractivity contribution in [3.05, 3.63) is 41.0 Å². The van der Waals surface area contributed by atoms with Crippen LogP contribution in [-0.2, 0) is 12.3 Å². The summed E-state index contributed by atoms with van der Waals surface area (Å²) in [7, 11) is 0. The maximum atomic E-state index is 4.87. The van der Waals surface area contributed by atoms with E-state index >= 15 is 0 Å². The average molecular weight is 321 g/mol. The number of aromatic nitrogens is 1. The number of nitrogens with zero attached hydrogens (tertiary/aromatic N) is 1. The molecular weight excluding hydrogens is 296 g/mol. The molecule has 114 valence electrons. The predicted octanol–water partition coefficient (Wildman–Crippen LogP) is 4.95. The standard InChI is InChI=1S/C17H24N2S2/c1-3-10-18-12-15-17(14-8-6-5-7-9-14)21-16(19-15)13-20-11-4-2/h5-9,18H,3-4,10-13H2,1-2H3. The summed E-state index contributed by atoms with van der Waals surface area (Å²) in [5, 5.41) is 4.73. The monoisotopic (exact) mass is 320 g/mol. The third kappa shape index (κ3) is 5.13. The van der Waals surface area contributed by atoms with Crippen molar-refractivity contribution in [2.75, 3.05) is 12.3 Å². The Bertz CT molecular complexity index is 523. The Morgan fingerprint density at radius 2 is 1.95 bits per heavy atom. The van der Waals surface area contributed by atoms with Crippen LogP contribution in [0.2, 0.25) is 0 Å². The predicted molar refractivity (Wildman–Crippen MR) is 96.0 cm³/mol. The molecule has 0 radical (unpaired) electrons. The van der Waals surface area contributed by atoms with Crippen molar-refractivity contribution in [1.82, 2.24) is 10.3 Å². The molecule has 0 saturated heterocycles. The molecule has 2 nitrogen and oxygen atoms in total. The molecule has 0 aliphatic heterocycles. The Morgan fingerprint density at radius 3 is 2.67 bits per heavy atom. The van der Waals surface area contributed by atoms with E-state index in [2.05, 4.69) is 49.5 Å². The molecule has 1 aromatic heterocycles. The second-order valence-corrected chi connectivity index (χ2v) is 7.17. The lowest BCUT2D eigenvalue weighted by molar-refractivity contribution is 0.666. The van der Waals surface area contributed by atoms with Crippen LogP contribution in [0.4, 0.5) is 0 Å². The molecule has 0 aliphatic carbocycles. The summed E-state index contributed by atoms with van der Waals surface area (Å²) >= 11 is 3.83. The molecule has 0 spiro atoms. The molecule has 1 N–H and O–H groups in total. The van der Waals surface area contributed by atoms with Gasteiger partial charge in [-0.2, -0.15) is 11.8 Å². The van der Waals surface area contributed by atoms with Crippen molar-refractivity contribution >= 4 is 23.1 Å². The number of thiazole rings is 1. The zero-order chi connectivity index (χ0) is 14.9. The summed E-state index contributed by atoms with van der Waals surface area (Å²) in [4.78, 5) is 6.19. The zero-order valence-corrected chi connectivity index (χ0v) is 14.5. The van der Waals surface area contributed by atoms with Crippen molar-refractivity contribution < 1.29 is 0 Å². The molecule has 0 saturated carbocycles. The third-order valence-electron chi connectivity index (χ3n) is 3.07. The van der Waals surface area contributed by atoms with Gasteiger partial charge < -0.3 is 5.32 Å². The first kappa shape index (κ1) is 16.5. The molecule has 1 aromatic carbocycles. The maximum absolute atomic E-state index is 4.87. The van der Waals surface area contributed by atoms with Gasteiger partial charge in [0.25, 0.3) is 0 Å². The number of nitrogens with one attached hydrogen (secondary N) is 1. The van der Waals surface area contributed by atoms with Crippen LogP contribution >= 0.6 is 23.1 Å². The lowest BCUT2D eigenvalue weighted by Gasteiger charge is -2.03. The first-order valence-electron chi connectivity index (χ1n) is 7.67. The summed E-state index contributed by atoms with van der Waals surface area (Å²) in [5.74, 6) is 2.25. The van der Waals surface area contributed by atoms with Crippen LogP contribution in [0.25, 0.3) is 10.4 Å². The third-order valence-corrected chi connectivity index (χ3v) is 5.57. The van der Waals surface area contributed by atoms with Crippen LogP contribution in [0.3, 0.4) is 0 Å². The number of thioether (sulfide) groups is 1. The molecule has 2 aromatic rings. The first-order chi connectivity index (χ1) is 10.3. The fraction of sp³-hybridized carbons (Fsp3) is 0.471. The van der Waals surface area contributed by atoms with Crippen LogP contribution in [0.15, 0.2) is 30.3 Å². The zero-order valence-electron chi connectivity index (χ0n) is 12.9. The van der Waals surface area contributed by atoms with Gasteiger partial charge in [0.05, 0.1) is 10.6 Å². The Labute approximate surface area is 136 Å². The molecule has 0 amide bonds. The fourth-order valence-corrected chi connectivity index (χ4v) is 4.12. The van der Waals surface area contributed by atoms with Crippen LogP contribution in [0.1, 0.15) is 37.4 Å². The van der Waals surface area contributed by atoms with E-state index in [1.54, 1.807) is 0 Å². The number of hydrogen-bond acceptors (Lipinski definition) is 4. The molecule has 0 bridgehead atoms. The molecule has 21 heavy (non-hydrogen) atoms. The summed E-state index contributed by atoms with van der Waals surface area (Å²) in [5.41, 5.74) is 2.49. The van der Waals surface area contributed by atoms with Crippen molar-refractivity contribution in [1.29, 1.82) is 0 Å². The van der Waals surface area contributed by atoms with E-state index < -0.39 is 0 Å². The fourth-order valence-electron chi connectivity index (χ4n) is 2.08. The Balaban J connectivity index is 2.15. The molecule has 0 unspecified atom stereocenters. The highest BCUT2D eigenvalue weighted by molar-refractivity contribution is 7.98. The number of hydrogen-bond donors (Lipinski definition) is 1. The van der Waals surface area contributed by atoms with E-state index in [9.17, 15) is 0 Å². The van der Waals surface area contributed by atoms with Crippen LogP contribution in [0, 0.1) is 0 Å². The van der Waals surface area contributed by atoms with Gasteiger partial charge in [-0.25, -0.2) is 4.98 Å². The quantitative estimate of drug-likeness (QED) is 0.662. The van der Waals surface area contributed by atoms with E-state index in [1.165, 1.54) is 33.3 Å². The highest BCUT2D eigenvalue weighted by Gasteiger charge is 2.12. The number of benzene rings is 1. The molecule has 0 atom stereocenters. The second-order valence-electron chi connectivity index (χ2n) is 4.98. The van der Waals surface area contributed by atoms with Gasteiger partial charge in [0.2, 0.25) is 0 Å². The van der Waals surface area contributed by atoms with Gasteiger partial charge in [-0.15, -0.1) is 11.3 Å². The van der Waals surface area contributed by atoms with Crippen molar-refractivity contribution in [2.24, 2.45) is 0 Å². The van der Waals surface area contributed by atoms with Crippen molar-refractivity contribution in [3.63, 3.8) is 0 Å². The smallest absolute Gasteiger partial charge is 0.103 e. The van der Waals surface area contributed by atoms with Gasteiger partial charge >= 0.3 is 0 Å². The van der Waals surface area contributed by atoms with Gasteiger partial charge in [-0.05, 0) is 30.7 Å². The van der Waals surface area contributed by atoms with Gasteiger partial charge in [-0.1, -0.05) is 44.2 Å². The van der Waals surface area contributed by atoms with E-state index in [4.69, 9.17) is 4.98 Å². The van der Waals surface area contributed by atoms with Gasteiger partial charge in [0, 0.05) is 12.3 Å². The van der Waals surface area contributed by atoms with E-state index in [0.717, 1.165) is 25.3 Å². The van der Waals surface area contributed by atoms with Gasteiger partial charge in [0.15, 0.2) is 0 Å². The van der Waals surface area contributed by atoms with Crippen molar-refractivity contribution in [3.8, 4) is 10.4 Å². The summed E-state index contributed by atoms with van der Waals surface area (Å²) < 4.78 is 0. The SMILES string of the molecule is CCCNCc1nc(CSCCC)sc1-c1ccccc1. The summed E-state index contributed by atoms with van der Waals surface area (Å²) in [6, 6.07) is 10.6. The minimum absolute atomic E-state index is 0.868. The molecule has 2 rings (SSSR count). The average Bonchev–Trinajstić information content (AvgIpc) is 2.92. The van der Waals surface area contributed by atoms with Crippen molar-refractivity contribution in [2.45, 2.75) is 39.0 Å². The van der Waals surface area contributed by atoms with Gasteiger partial charge in [0.1, 0.15) is 5.01 Å². The van der Waals surface area contributed by atoms with Crippen LogP contribution in [-0.4, -0.2) is 17.3 Å². The van der Waals surface area contributed by atoms with E-state index in [1.807, 2.05) is 23.1 Å². The summed E-state index contributed by atoms with van der Waals surface area (Å²) in [6.45, 7) is 6.34. The topological polar surface area (TPSA) is 24.9 Å². The summed E-state index contributed by atoms with van der Waals surface area (Å²) in [6.07, 6.45) is 2.39. The minimum Gasteiger partial charge on any atom is -0.311 e.